The first-order valence-corrected chi connectivity index (χ1v) is 10.7. The number of anilines is 3. The first-order chi connectivity index (χ1) is 14.5. The highest BCUT2D eigenvalue weighted by molar-refractivity contribution is 7.15. The number of pyridine rings is 2. The Bertz CT molecular complexity index is 1010. The molecule has 0 bridgehead atoms. The fraction of sp³-hybridized carbons (Fsp3) is 0.333. The van der Waals surface area contributed by atoms with Crippen LogP contribution in [0.15, 0.2) is 42.9 Å². The topological polar surface area (TPSA) is 103 Å². The van der Waals surface area contributed by atoms with Crippen molar-refractivity contribution in [3.63, 3.8) is 0 Å². The normalized spacial score (nSPS) is 16.3. The zero-order chi connectivity index (χ0) is 20.9. The van der Waals surface area contributed by atoms with Gasteiger partial charge in [-0.05, 0) is 55.5 Å². The molecule has 1 amide bonds. The van der Waals surface area contributed by atoms with Crippen molar-refractivity contribution in [3.05, 3.63) is 58.9 Å². The number of thiazole rings is 1. The second-order valence-electron chi connectivity index (χ2n) is 7.40. The number of amides is 1. The number of piperidine rings is 1. The van der Waals surface area contributed by atoms with E-state index in [1.807, 2.05) is 43.6 Å². The second-order valence-corrected chi connectivity index (χ2v) is 8.63. The van der Waals surface area contributed by atoms with Gasteiger partial charge in [0.15, 0.2) is 5.13 Å². The molecular formula is C21H24N6O2S. The van der Waals surface area contributed by atoms with Gasteiger partial charge in [0.25, 0.3) is 0 Å². The van der Waals surface area contributed by atoms with E-state index in [1.54, 1.807) is 17.5 Å². The summed E-state index contributed by atoms with van der Waals surface area (Å²) >= 11 is 1.57. The molecule has 0 saturated carbocycles. The highest BCUT2D eigenvalue weighted by Gasteiger charge is 2.23. The van der Waals surface area contributed by atoms with Crippen LogP contribution in [0.1, 0.15) is 28.8 Å². The zero-order valence-corrected chi connectivity index (χ0v) is 17.5. The number of aromatic nitrogens is 3. The lowest BCUT2D eigenvalue weighted by Gasteiger charge is -2.31. The van der Waals surface area contributed by atoms with Crippen LogP contribution in [0.4, 0.5) is 21.6 Å². The summed E-state index contributed by atoms with van der Waals surface area (Å²) in [4.78, 5) is 27.2. The number of hydrogen-bond donors (Lipinski definition) is 3. The molecule has 1 unspecified atom stereocenters. The third kappa shape index (κ3) is 5.24. The molecule has 4 heterocycles. The quantitative estimate of drug-likeness (QED) is 0.547. The van der Waals surface area contributed by atoms with Crippen LogP contribution in [0.2, 0.25) is 0 Å². The Hall–Kier alpha value is -3.20. The highest BCUT2D eigenvalue weighted by Crippen LogP contribution is 2.25. The van der Waals surface area contributed by atoms with Crippen molar-refractivity contribution >= 4 is 34.2 Å². The molecule has 3 N–H and O–H groups in total. The summed E-state index contributed by atoms with van der Waals surface area (Å²) in [7, 11) is 0. The van der Waals surface area contributed by atoms with Crippen molar-refractivity contribution < 1.29 is 9.90 Å². The van der Waals surface area contributed by atoms with Crippen LogP contribution in [-0.2, 0) is 6.42 Å². The minimum atomic E-state index is -0.874. The lowest BCUT2D eigenvalue weighted by molar-refractivity contribution is 0.133. The lowest BCUT2D eigenvalue weighted by atomic mass is 10.1. The maximum absolute atomic E-state index is 11.3. The molecule has 0 aromatic carbocycles. The summed E-state index contributed by atoms with van der Waals surface area (Å²) in [5.41, 5.74) is 2.20. The van der Waals surface area contributed by atoms with Gasteiger partial charge < -0.3 is 20.6 Å². The molecule has 9 heteroatoms. The standard InChI is InChI=1S/C21H24N6O2S/c1-14-11-23-20(30-14)26-19-10-16(8-15-4-2-6-22-12-15)9-18(25-19)24-17-5-3-7-27(13-17)21(28)29/h2,4,6,9-12,17H,3,5,7-8,13H2,1H3,(H,28,29)(H2,23,24,25,26). The Labute approximate surface area is 179 Å². The summed E-state index contributed by atoms with van der Waals surface area (Å²) in [6.45, 7) is 3.05. The maximum atomic E-state index is 11.3. The number of hydrogen-bond acceptors (Lipinski definition) is 7. The number of nitrogens with one attached hydrogen (secondary N) is 2. The molecule has 1 aliphatic rings. The minimum Gasteiger partial charge on any atom is -0.465 e. The number of nitrogens with zero attached hydrogens (tertiary/aromatic N) is 4. The predicted octanol–water partition coefficient (Wildman–Crippen LogP) is 4.13. The van der Waals surface area contributed by atoms with E-state index < -0.39 is 6.09 Å². The smallest absolute Gasteiger partial charge is 0.407 e. The monoisotopic (exact) mass is 424 g/mol. The number of likely N-dealkylation sites (tertiary alicyclic amines) is 1. The van der Waals surface area contributed by atoms with E-state index in [0.29, 0.717) is 18.9 Å². The van der Waals surface area contributed by atoms with Gasteiger partial charge in [-0.3, -0.25) is 4.98 Å². The van der Waals surface area contributed by atoms with E-state index >= 15 is 0 Å². The van der Waals surface area contributed by atoms with Gasteiger partial charge in [0.1, 0.15) is 11.6 Å². The van der Waals surface area contributed by atoms with Crippen LogP contribution >= 0.6 is 11.3 Å². The van der Waals surface area contributed by atoms with Crippen LogP contribution in [0.25, 0.3) is 0 Å². The fourth-order valence-electron chi connectivity index (χ4n) is 3.57. The van der Waals surface area contributed by atoms with Crippen LogP contribution in [0.5, 0.6) is 0 Å². The van der Waals surface area contributed by atoms with E-state index in [9.17, 15) is 9.90 Å². The molecule has 4 rings (SSSR count). The van der Waals surface area contributed by atoms with Crippen LogP contribution in [-0.4, -0.2) is 50.2 Å². The Kier molecular flexibility index (Phi) is 6.08. The number of rotatable bonds is 6. The summed E-state index contributed by atoms with van der Waals surface area (Å²) in [5.74, 6) is 1.43. The average Bonchev–Trinajstić information content (AvgIpc) is 3.13. The summed E-state index contributed by atoms with van der Waals surface area (Å²) < 4.78 is 0. The molecule has 8 nitrogen and oxygen atoms in total. The molecule has 3 aromatic rings. The Morgan fingerprint density at radius 1 is 1.30 bits per heavy atom. The summed E-state index contributed by atoms with van der Waals surface area (Å²) in [6.07, 6.45) is 7.04. The van der Waals surface area contributed by atoms with Crippen molar-refractivity contribution in [2.75, 3.05) is 23.7 Å². The van der Waals surface area contributed by atoms with Crippen LogP contribution < -0.4 is 10.6 Å². The first-order valence-electron chi connectivity index (χ1n) is 9.89. The van der Waals surface area contributed by atoms with Gasteiger partial charge in [-0.15, -0.1) is 11.3 Å². The second kappa shape index (κ2) is 9.08. The van der Waals surface area contributed by atoms with Gasteiger partial charge in [0.2, 0.25) is 0 Å². The van der Waals surface area contributed by atoms with Crippen molar-refractivity contribution in [1.82, 2.24) is 19.9 Å². The van der Waals surface area contributed by atoms with E-state index in [2.05, 4.69) is 20.6 Å². The predicted molar refractivity (Wildman–Crippen MR) is 118 cm³/mol. The van der Waals surface area contributed by atoms with Gasteiger partial charge in [0, 0.05) is 42.6 Å². The molecule has 1 fully saturated rings. The molecule has 3 aromatic heterocycles. The third-order valence-electron chi connectivity index (χ3n) is 4.92. The van der Waals surface area contributed by atoms with Gasteiger partial charge in [-0.2, -0.15) is 0 Å². The van der Waals surface area contributed by atoms with Crippen molar-refractivity contribution in [3.8, 4) is 0 Å². The Balaban J connectivity index is 1.56. The van der Waals surface area contributed by atoms with E-state index in [0.717, 1.165) is 46.2 Å². The Morgan fingerprint density at radius 3 is 2.90 bits per heavy atom. The van der Waals surface area contributed by atoms with Crippen LogP contribution in [0.3, 0.4) is 0 Å². The van der Waals surface area contributed by atoms with Gasteiger partial charge >= 0.3 is 6.09 Å². The molecule has 1 atom stereocenters. The molecule has 156 valence electrons. The summed E-state index contributed by atoms with van der Waals surface area (Å²) in [6, 6.07) is 8.04. The van der Waals surface area contributed by atoms with Gasteiger partial charge in [0.05, 0.1) is 0 Å². The Morgan fingerprint density at radius 2 is 2.17 bits per heavy atom. The summed E-state index contributed by atoms with van der Waals surface area (Å²) in [5, 5.41) is 16.8. The molecule has 0 radical (unpaired) electrons. The largest absolute Gasteiger partial charge is 0.465 e. The number of aryl methyl sites for hydroxylation is 1. The molecule has 1 aliphatic heterocycles. The molecule has 30 heavy (non-hydrogen) atoms. The SMILES string of the molecule is Cc1cnc(Nc2cc(Cc3cccnc3)cc(NC3CCCN(C(=O)O)C3)n2)s1. The van der Waals surface area contributed by atoms with Crippen molar-refractivity contribution in [2.45, 2.75) is 32.2 Å². The van der Waals surface area contributed by atoms with Gasteiger partial charge in [-0.25, -0.2) is 14.8 Å². The zero-order valence-electron chi connectivity index (χ0n) is 16.7. The number of carbonyl (C=O) groups is 1. The van der Waals surface area contributed by atoms with E-state index in [1.165, 1.54) is 4.90 Å². The van der Waals surface area contributed by atoms with Crippen molar-refractivity contribution in [2.24, 2.45) is 0 Å². The molecule has 1 saturated heterocycles. The average molecular weight is 425 g/mol. The first kappa shape index (κ1) is 20.1. The van der Waals surface area contributed by atoms with E-state index in [-0.39, 0.29) is 6.04 Å². The lowest BCUT2D eigenvalue weighted by Crippen LogP contribution is -2.44. The molecule has 0 spiro atoms. The number of carboxylic acid groups (broad SMARTS) is 1. The van der Waals surface area contributed by atoms with Crippen LogP contribution in [0, 0.1) is 6.92 Å². The molecular weight excluding hydrogens is 400 g/mol. The third-order valence-corrected chi connectivity index (χ3v) is 5.74. The maximum Gasteiger partial charge on any atom is 0.407 e. The fourth-order valence-corrected chi connectivity index (χ4v) is 4.24. The molecule has 0 aliphatic carbocycles. The highest BCUT2D eigenvalue weighted by atomic mass is 32.1. The minimum absolute atomic E-state index is 0.0333. The van der Waals surface area contributed by atoms with Gasteiger partial charge in [-0.1, -0.05) is 6.07 Å². The van der Waals surface area contributed by atoms with Crippen molar-refractivity contribution in [1.29, 1.82) is 0 Å². The van der Waals surface area contributed by atoms with E-state index in [4.69, 9.17) is 4.98 Å².